The van der Waals surface area contributed by atoms with Gasteiger partial charge in [0.15, 0.2) is 5.69 Å². The fraction of sp³-hybridized carbons (Fsp3) is 0.583. The lowest BCUT2D eigenvalue weighted by atomic mass is 10.2. The molecule has 0 bridgehead atoms. The largest absolute Gasteiger partial charge is 0.395 e. The molecule has 0 spiro atoms. The Morgan fingerprint density at radius 1 is 1.47 bits per heavy atom. The van der Waals surface area contributed by atoms with Crippen molar-refractivity contribution in [3.8, 4) is 0 Å². The summed E-state index contributed by atoms with van der Waals surface area (Å²) in [5.41, 5.74) is 7.39. The van der Waals surface area contributed by atoms with Crippen LogP contribution in [0.3, 0.4) is 0 Å². The van der Waals surface area contributed by atoms with E-state index in [0.717, 1.165) is 18.5 Å². The number of aromatic nitrogens is 2. The van der Waals surface area contributed by atoms with Crippen LogP contribution in [-0.2, 0) is 4.79 Å². The maximum atomic E-state index is 12.1. The van der Waals surface area contributed by atoms with Crippen molar-refractivity contribution < 1.29 is 9.59 Å². The topological polar surface area (TPSA) is 104 Å². The molecule has 2 heterocycles. The van der Waals surface area contributed by atoms with Gasteiger partial charge >= 0.3 is 0 Å². The van der Waals surface area contributed by atoms with Gasteiger partial charge in [0.2, 0.25) is 5.91 Å². The standard InChI is InChI=1S/C12H17N5O2/c1-17-5-4-7(12(17)19)14-11(18)10-8(13)9(15-16-10)6-2-3-6/h6-7H,2-5,13H2,1H3,(H,14,18)(H,15,16). The Morgan fingerprint density at radius 3 is 2.79 bits per heavy atom. The summed E-state index contributed by atoms with van der Waals surface area (Å²) in [6, 6.07) is -0.460. The van der Waals surface area contributed by atoms with Crippen LogP contribution >= 0.6 is 0 Å². The maximum absolute atomic E-state index is 12.1. The first-order chi connectivity index (χ1) is 9.08. The second-order valence-corrected chi connectivity index (χ2v) is 5.25. The molecule has 1 saturated carbocycles. The van der Waals surface area contributed by atoms with E-state index in [1.54, 1.807) is 11.9 Å². The summed E-state index contributed by atoms with van der Waals surface area (Å²) in [5.74, 6) is -0.0348. The molecule has 1 atom stereocenters. The number of carbonyl (C=O) groups excluding carboxylic acids is 2. The van der Waals surface area contributed by atoms with Crippen molar-refractivity contribution in [3.05, 3.63) is 11.4 Å². The van der Waals surface area contributed by atoms with Gasteiger partial charge in [-0.1, -0.05) is 0 Å². The highest BCUT2D eigenvalue weighted by Crippen LogP contribution is 2.42. The Labute approximate surface area is 110 Å². The van der Waals surface area contributed by atoms with Gasteiger partial charge < -0.3 is 16.0 Å². The molecule has 1 aliphatic carbocycles. The van der Waals surface area contributed by atoms with Gasteiger partial charge in [-0.15, -0.1) is 0 Å². The monoisotopic (exact) mass is 263 g/mol. The van der Waals surface area contributed by atoms with Crippen LogP contribution in [0.15, 0.2) is 0 Å². The lowest BCUT2D eigenvalue weighted by Crippen LogP contribution is -2.40. The van der Waals surface area contributed by atoms with E-state index in [1.807, 2.05) is 0 Å². The van der Waals surface area contributed by atoms with Crippen LogP contribution in [0.25, 0.3) is 0 Å². The van der Waals surface area contributed by atoms with Crippen molar-refractivity contribution in [2.75, 3.05) is 19.3 Å². The Kier molecular flexibility index (Phi) is 2.69. The number of nitrogens with one attached hydrogen (secondary N) is 2. The van der Waals surface area contributed by atoms with Gasteiger partial charge in [0.1, 0.15) is 6.04 Å². The van der Waals surface area contributed by atoms with Gasteiger partial charge in [-0.3, -0.25) is 14.7 Å². The molecule has 7 heteroatoms. The third-order valence-corrected chi connectivity index (χ3v) is 3.77. The number of anilines is 1. The molecule has 4 N–H and O–H groups in total. The van der Waals surface area contributed by atoms with Crippen molar-refractivity contribution in [2.45, 2.75) is 31.2 Å². The molecular weight excluding hydrogens is 246 g/mol. The Hall–Kier alpha value is -2.05. The molecule has 2 fully saturated rings. The molecule has 7 nitrogen and oxygen atoms in total. The van der Waals surface area contributed by atoms with Gasteiger partial charge in [-0.25, -0.2) is 0 Å². The van der Waals surface area contributed by atoms with E-state index >= 15 is 0 Å². The third-order valence-electron chi connectivity index (χ3n) is 3.77. The van der Waals surface area contributed by atoms with Crippen LogP contribution in [-0.4, -0.2) is 46.5 Å². The second-order valence-electron chi connectivity index (χ2n) is 5.25. The number of likely N-dealkylation sites (tertiary alicyclic amines) is 1. The minimum atomic E-state index is -0.460. The number of aromatic amines is 1. The third kappa shape index (κ3) is 2.05. The second kappa shape index (κ2) is 4.25. The van der Waals surface area contributed by atoms with Crippen LogP contribution in [0.1, 0.15) is 41.4 Å². The Bertz CT molecular complexity index is 534. The van der Waals surface area contributed by atoms with Crippen LogP contribution in [0, 0.1) is 0 Å². The molecular formula is C12H17N5O2. The summed E-state index contributed by atoms with van der Waals surface area (Å²) >= 11 is 0. The quantitative estimate of drug-likeness (QED) is 0.704. The molecule has 3 rings (SSSR count). The van der Waals surface area contributed by atoms with Crippen LogP contribution < -0.4 is 11.1 Å². The van der Waals surface area contributed by atoms with E-state index in [2.05, 4.69) is 15.5 Å². The van der Waals surface area contributed by atoms with Crippen LogP contribution in [0.5, 0.6) is 0 Å². The smallest absolute Gasteiger partial charge is 0.274 e. The number of rotatable bonds is 3. The molecule has 102 valence electrons. The van der Waals surface area contributed by atoms with Crippen LogP contribution in [0.2, 0.25) is 0 Å². The normalized spacial score (nSPS) is 22.9. The number of carbonyl (C=O) groups is 2. The van der Waals surface area contributed by atoms with E-state index in [4.69, 9.17) is 5.73 Å². The number of nitrogen functional groups attached to an aromatic ring is 1. The summed E-state index contributed by atoms with van der Waals surface area (Å²) in [6.45, 7) is 0.660. The predicted molar refractivity (Wildman–Crippen MR) is 68.5 cm³/mol. The summed E-state index contributed by atoms with van der Waals surface area (Å²) in [4.78, 5) is 25.4. The average Bonchev–Trinajstić information content (AvgIpc) is 3.09. The molecule has 19 heavy (non-hydrogen) atoms. The van der Waals surface area contributed by atoms with Crippen molar-refractivity contribution in [1.82, 2.24) is 20.4 Å². The number of hydrogen-bond donors (Lipinski definition) is 3. The highest BCUT2D eigenvalue weighted by molar-refractivity contribution is 6.00. The minimum Gasteiger partial charge on any atom is -0.395 e. The molecule has 2 aliphatic rings. The fourth-order valence-electron chi connectivity index (χ4n) is 2.40. The van der Waals surface area contributed by atoms with E-state index in [0.29, 0.717) is 24.6 Å². The van der Waals surface area contributed by atoms with E-state index in [1.165, 1.54) is 0 Å². The molecule has 1 saturated heterocycles. The number of amides is 2. The zero-order chi connectivity index (χ0) is 13.6. The fourth-order valence-corrected chi connectivity index (χ4v) is 2.40. The van der Waals surface area contributed by atoms with Gasteiger partial charge in [0, 0.05) is 19.5 Å². The Morgan fingerprint density at radius 2 is 2.21 bits per heavy atom. The molecule has 1 unspecified atom stereocenters. The zero-order valence-electron chi connectivity index (χ0n) is 10.8. The summed E-state index contributed by atoms with van der Waals surface area (Å²) < 4.78 is 0. The Balaban J connectivity index is 1.72. The first-order valence-electron chi connectivity index (χ1n) is 6.47. The number of nitrogens with two attached hydrogens (primary N) is 1. The summed E-state index contributed by atoms with van der Waals surface area (Å²) in [6.07, 6.45) is 2.79. The van der Waals surface area contributed by atoms with Gasteiger partial charge in [-0.2, -0.15) is 5.10 Å². The lowest BCUT2D eigenvalue weighted by Gasteiger charge is -2.11. The molecule has 0 radical (unpaired) electrons. The first kappa shape index (κ1) is 12.0. The molecule has 1 aromatic rings. The number of hydrogen-bond acceptors (Lipinski definition) is 4. The summed E-state index contributed by atoms with van der Waals surface area (Å²) in [5, 5.41) is 9.50. The summed E-state index contributed by atoms with van der Waals surface area (Å²) in [7, 11) is 1.72. The number of likely N-dealkylation sites (N-methyl/N-ethyl adjacent to an activating group) is 1. The molecule has 0 aromatic carbocycles. The van der Waals surface area contributed by atoms with Crippen LogP contribution in [0.4, 0.5) is 5.69 Å². The van der Waals surface area contributed by atoms with Crippen molar-refractivity contribution >= 4 is 17.5 Å². The van der Waals surface area contributed by atoms with E-state index in [9.17, 15) is 9.59 Å². The average molecular weight is 263 g/mol. The van der Waals surface area contributed by atoms with E-state index in [-0.39, 0.29) is 17.5 Å². The van der Waals surface area contributed by atoms with E-state index < -0.39 is 6.04 Å². The van der Waals surface area contributed by atoms with Gasteiger partial charge in [0.25, 0.3) is 5.91 Å². The van der Waals surface area contributed by atoms with Crippen molar-refractivity contribution in [2.24, 2.45) is 0 Å². The maximum Gasteiger partial charge on any atom is 0.274 e. The van der Waals surface area contributed by atoms with Gasteiger partial charge in [0.05, 0.1) is 11.4 Å². The lowest BCUT2D eigenvalue weighted by molar-refractivity contribution is -0.128. The zero-order valence-corrected chi connectivity index (χ0v) is 10.8. The molecule has 2 amide bonds. The molecule has 1 aliphatic heterocycles. The van der Waals surface area contributed by atoms with Gasteiger partial charge in [-0.05, 0) is 19.3 Å². The highest BCUT2D eigenvalue weighted by atomic mass is 16.2. The van der Waals surface area contributed by atoms with Crippen molar-refractivity contribution in [1.29, 1.82) is 0 Å². The predicted octanol–water partition coefficient (Wildman–Crippen LogP) is -0.170. The minimum absolute atomic E-state index is 0.0649. The number of nitrogens with zero attached hydrogens (tertiary/aromatic N) is 2. The van der Waals surface area contributed by atoms with Crippen molar-refractivity contribution in [3.63, 3.8) is 0 Å². The first-order valence-corrected chi connectivity index (χ1v) is 6.47. The highest BCUT2D eigenvalue weighted by Gasteiger charge is 2.33. The molecule has 1 aromatic heterocycles. The number of H-pyrrole nitrogens is 1. The SMILES string of the molecule is CN1CCC(NC(=O)c2n[nH]c(C3CC3)c2N)C1=O.